The summed E-state index contributed by atoms with van der Waals surface area (Å²) in [6.07, 6.45) is 0.692. The van der Waals surface area contributed by atoms with E-state index in [2.05, 4.69) is 21.2 Å². The first kappa shape index (κ1) is 19.5. The zero-order valence-corrected chi connectivity index (χ0v) is 18.1. The SMILES string of the molecule is CN1C(=O)C(c2cccc(Br)c2)(c2cccc(C3(S(=O)(=O)O)CC3)c2)NC1=S. The van der Waals surface area contributed by atoms with Crippen molar-refractivity contribution in [3.8, 4) is 0 Å². The van der Waals surface area contributed by atoms with Crippen molar-refractivity contribution in [1.82, 2.24) is 10.2 Å². The number of nitrogens with one attached hydrogen (secondary N) is 1. The van der Waals surface area contributed by atoms with Gasteiger partial charge in [0.2, 0.25) is 0 Å². The van der Waals surface area contributed by atoms with Crippen LogP contribution in [0.4, 0.5) is 0 Å². The van der Waals surface area contributed by atoms with Gasteiger partial charge in [0.15, 0.2) is 10.7 Å². The summed E-state index contributed by atoms with van der Waals surface area (Å²) in [4.78, 5) is 14.7. The monoisotopic (exact) mass is 480 g/mol. The number of rotatable bonds is 4. The summed E-state index contributed by atoms with van der Waals surface area (Å²) in [5.74, 6) is -0.260. The molecule has 1 aliphatic heterocycles. The fraction of sp³-hybridized carbons (Fsp3) is 0.263. The topological polar surface area (TPSA) is 86.7 Å². The van der Waals surface area contributed by atoms with E-state index < -0.39 is 20.4 Å². The van der Waals surface area contributed by atoms with Gasteiger partial charge in [0.1, 0.15) is 4.75 Å². The van der Waals surface area contributed by atoms with Crippen LogP contribution in [-0.4, -0.2) is 35.9 Å². The van der Waals surface area contributed by atoms with Crippen LogP contribution in [0.1, 0.15) is 29.5 Å². The van der Waals surface area contributed by atoms with Crippen molar-refractivity contribution >= 4 is 49.3 Å². The fourth-order valence-electron chi connectivity index (χ4n) is 3.77. The summed E-state index contributed by atoms with van der Waals surface area (Å²) in [6, 6.07) is 14.1. The lowest BCUT2D eigenvalue weighted by molar-refractivity contribution is -0.129. The van der Waals surface area contributed by atoms with E-state index in [-0.39, 0.29) is 11.0 Å². The van der Waals surface area contributed by atoms with Gasteiger partial charge in [0, 0.05) is 11.5 Å². The highest BCUT2D eigenvalue weighted by atomic mass is 79.9. The van der Waals surface area contributed by atoms with Crippen molar-refractivity contribution in [2.75, 3.05) is 7.05 Å². The van der Waals surface area contributed by atoms with Gasteiger partial charge in [-0.05, 0) is 53.9 Å². The van der Waals surface area contributed by atoms with Gasteiger partial charge in [0.25, 0.3) is 16.0 Å². The summed E-state index contributed by atoms with van der Waals surface area (Å²) in [5, 5.41) is 3.42. The summed E-state index contributed by atoms with van der Waals surface area (Å²) in [6.45, 7) is 0. The number of carbonyl (C=O) groups is 1. The zero-order chi connectivity index (χ0) is 20.3. The van der Waals surface area contributed by atoms with Crippen LogP contribution in [0.15, 0.2) is 53.0 Å². The van der Waals surface area contributed by atoms with Crippen molar-refractivity contribution < 1.29 is 17.8 Å². The quantitative estimate of drug-likeness (QED) is 0.516. The van der Waals surface area contributed by atoms with E-state index in [0.29, 0.717) is 29.5 Å². The molecule has 1 heterocycles. The minimum absolute atomic E-state index is 0.260. The van der Waals surface area contributed by atoms with E-state index in [1.807, 2.05) is 24.3 Å². The van der Waals surface area contributed by atoms with Crippen LogP contribution in [0.3, 0.4) is 0 Å². The lowest BCUT2D eigenvalue weighted by Gasteiger charge is -2.29. The number of thiocarbonyl (C=S) groups is 1. The van der Waals surface area contributed by atoms with Gasteiger partial charge in [-0.1, -0.05) is 52.3 Å². The van der Waals surface area contributed by atoms with Crippen molar-refractivity contribution in [1.29, 1.82) is 0 Å². The van der Waals surface area contributed by atoms with E-state index in [0.717, 1.165) is 4.47 Å². The normalized spacial score (nSPS) is 23.6. The molecule has 2 aromatic rings. The molecule has 6 nitrogen and oxygen atoms in total. The molecule has 1 saturated carbocycles. The Bertz CT molecular complexity index is 1110. The molecule has 0 spiro atoms. The summed E-state index contributed by atoms with van der Waals surface area (Å²) >= 11 is 8.77. The minimum Gasteiger partial charge on any atom is -0.341 e. The molecule has 146 valence electrons. The summed E-state index contributed by atoms with van der Waals surface area (Å²) < 4.78 is 33.1. The van der Waals surface area contributed by atoms with Crippen LogP contribution < -0.4 is 5.32 Å². The molecule has 1 amide bonds. The van der Waals surface area contributed by atoms with Crippen molar-refractivity contribution in [3.05, 3.63) is 69.7 Å². The van der Waals surface area contributed by atoms with E-state index in [9.17, 15) is 17.8 Å². The average Bonchev–Trinajstić information content (AvgIpc) is 3.43. The van der Waals surface area contributed by atoms with Crippen LogP contribution >= 0.6 is 28.1 Å². The largest absolute Gasteiger partial charge is 0.341 e. The Morgan fingerprint density at radius 3 is 2.18 bits per heavy atom. The number of carbonyl (C=O) groups excluding carboxylic acids is 1. The molecular formula is C19H17BrN2O4S2. The maximum absolute atomic E-state index is 13.3. The highest BCUT2D eigenvalue weighted by molar-refractivity contribution is 9.10. The molecule has 2 aromatic carbocycles. The van der Waals surface area contributed by atoms with Crippen LogP contribution in [0, 0.1) is 0 Å². The number of hydrogen-bond acceptors (Lipinski definition) is 4. The first-order valence-electron chi connectivity index (χ1n) is 8.56. The van der Waals surface area contributed by atoms with Gasteiger partial charge in [-0.15, -0.1) is 0 Å². The molecule has 1 aliphatic carbocycles. The Labute approximate surface area is 176 Å². The van der Waals surface area contributed by atoms with Crippen molar-refractivity contribution in [2.45, 2.75) is 23.1 Å². The highest BCUT2D eigenvalue weighted by Gasteiger charge is 2.57. The van der Waals surface area contributed by atoms with Gasteiger partial charge in [-0.3, -0.25) is 14.2 Å². The van der Waals surface area contributed by atoms with Gasteiger partial charge >= 0.3 is 0 Å². The lowest BCUT2D eigenvalue weighted by atomic mass is 9.81. The first-order valence-corrected chi connectivity index (χ1v) is 11.2. The predicted molar refractivity (Wildman–Crippen MR) is 112 cm³/mol. The van der Waals surface area contributed by atoms with Crippen molar-refractivity contribution in [2.24, 2.45) is 0 Å². The molecule has 0 bridgehead atoms. The molecule has 1 unspecified atom stereocenters. The van der Waals surface area contributed by atoms with Crippen molar-refractivity contribution in [3.63, 3.8) is 0 Å². The molecule has 2 fully saturated rings. The van der Waals surface area contributed by atoms with Gasteiger partial charge in [-0.2, -0.15) is 8.42 Å². The molecule has 9 heteroatoms. The second kappa shape index (κ2) is 6.35. The lowest BCUT2D eigenvalue weighted by Crippen LogP contribution is -2.45. The smallest absolute Gasteiger partial charge is 0.274 e. The van der Waals surface area contributed by atoms with E-state index >= 15 is 0 Å². The van der Waals surface area contributed by atoms with Gasteiger partial charge in [0.05, 0.1) is 0 Å². The fourth-order valence-corrected chi connectivity index (χ4v) is 5.44. The zero-order valence-electron chi connectivity index (χ0n) is 14.8. The number of halogens is 1. The van der Waals surface area contributed by atoms with E-state index in [4.69, 9.17) is 12.2 Å². The predicted octanol–water partition coefficient (Wildman–Crippen LogP) is 2.92. The molecule has 1 saturated heterocycles. The molecule has 28 heavy (non-hydrogen) atoms. The Morgan fingerprint density at radius 1 is 1.11 bits per heavy atom. The highest BCUT2D eigenvalue weighted by Crippen LogP contribution is 2.53. The Hall–Kier alpha value is -1.81. The number of likely N-dealkylation sites (N-methyl/N-ethyl adjacent to an activating group) is 1. The van der Waals surface area contributed by atoms with Crippen LogP contribution in [0.5, 0.6) is 0 Å². The third kappa shape index (κ3) is 2.72. The number of benzene rings is 2. The second-order valence-electron chi connectivity index (χ2n) is 7.10. The second-order valence-corrected chi connectivity index (χ2v) is 10.1. The number of amides is 1. The summed E-state index contributed by atoms with van der Waals surface area (Å²) in [5.41, 5.74) is 0.431. The van der Waals surface area contributed by atoms with Crippen LogP contribution in [0.25, 0.3) is 0 Å². The van der Waals surface area contributed by atoms with E-state index in [1.54, 1.807) is 31.3 Å². The molecular weight excluding hydrogens is 464 g/mol. The first-order chi connectivity index (χ1) is 13.1. The van der Waals surface area contributed by atoms with Crippen LogP contribution in [-0.2, 0) is 25.2 Å². The molecule has 2 aliphatic rings. The third-order valence-electron chi connectivity index (χ3n) is 5.50. The molecule has 2 N–H and O–H groups in total. The van der Waals surface area contributed by atoms with Gasteiger partial charge in [-0.25, -0.2) is 0 Å². The number of hydrogen-bond donors (Lipinski definition) is 2. The Morgan fingerprint density at radius 2 is 1.68 bits per heavy atom. The standard InChI is InChI=1S/C19H17BrN2O4S2/c1-22-16(23)19(21-17(22)27,14-6-3-7-15(20)11-14)13-5-2-4-12(10-13)18(8-9-18)28(24,25)26/h2-7,10-11H,8-9H2,1H3,(H,21,27)(H,24,25,26). The maximum Gasteiger partial charge on any atom is 0.274 e. The van der Waals surface area contributed by atoms with E-state index in [1.165, 1.54) is 4.90 Å². The number of nitrogens with zero attached hydrogens (tertiary/aromatic N) is 1. The minimum atomic E-state index is -4.26. The summed E-state index contributed by atoms with van der Waals surface area (Å²) in [7, 11) is -2.66. The average molecular weight is 481 g/mol. The van der Waals surface area contributed by atoms with Gasteiger partial charge < -0.3 is 5.32 Å². The molecule has 4 rings (SSSR count). The van der Waals surface area contributed by atoms with Crippen LogP contribution in [0.2, 0.25) is 0 Å². The molecule has 1 atom stereocenters. The Kier molecular flexibility index (Phi) is 4.42. The third-order valence-corrected chi connectivity index (χ3v) is 8.00. The molecule has 0 aromatic heterocycles. The molecule has 0 radical (unpaired) electrons. The Balaban J connectivity index is 1.94. The maximum atomic E-state index is 13.3.